The molecule has 3 nitrogen and oxygen atoms in total. The summed E-state index contributed by atoms with van der Waals surface area (Å²) in [6, 6.07) is 6.02. The number of aliphatic hydroxyl groups excluding tert-OH is 1. The fraction of sp³-hybridized carbons (Fsp3) is 0.600. The first kappa shape index (κ1) is 14.8. The van der Waals surface area contributed by atoms with E-state index in [1.54, 1.807) is 7.11 Å². The van der Waals surface area contributed by atoms with Crippen molar-refractivity contribution >= 4 is 15.9 Å². The molecule has 0 radical (unpaired) electrons. The minimum Gasteiger partial charge on any atom is -0.496 e. The molecule has 0 amide bonds. The van der Waals surface area contributed by atoms with E-state index >= 15 is 0 Å². The molecule has 1 aromatic rings. The van der Waals surface area contributed by atoms with Crippen LogP contribution in [0.4, 0.5) is 0 Å². The van der Waals surface area contributed by atoms with E-state index in [9.17, 15) is 5.11 Å². The fourth-order valence-electron chi connectivity index (χ4n) is 2.70. The first-order valence-electron chi connectivity index (χ1n) is 6.92. The summed E-state index contributed by atoms with van der Waals surface area (Å²) < 4.78 is 6.41. The van der Waals surface area contributed by atoms with Gasteiger partial charge in [0.05, 0.1) is 13.2 Å². The van der Waals surface area contributed by atoms with Crippen LogP contribution in [0.3, 0.4) is 0 Å². The molecule has 0 spiro atoms. The summed E-state index contributed by atoms with van der Waals surface area (Å²) in [4.78, 5) is 0. The molecule has 19 heavy (non-hydrogen) atoms. The van der Waals surface area contributed by atoms with Crippen LogP contribution >= 0.6 is 15.9 Å². The van der Waals surface area contributed by atoms with Gasteiger partial charge in [0.2, 0.25) is 0 Å². The summed E-state index contributed by atoms with van der Waals surface area (Å²) in [6.45, 7) is 1.64. The van der Waals surface area contributed by atoms with E-state index in [1.165, 1.54) is 6.42 Å². The van der Waals surface area contributed by atoms with Gasteiger partial charge in [-0.1, -0.05) is 28.8 Å². The average Bonchev–Trinajstić information content (AvgIpc) is 2.41. The van der Waals surface area contributed by atoms with Crippen LogP contribution in [0.1, 0.15) is 31.2 Å². The third-order valence-corrected chi connectivity index (χ3v) is 4.33. The van der Waals surface area contributed by atoms with Crippen LogP contribution in [-0.2, 0) is 6.54 Å². The first-order chi connectivity index (χ1) is 9.20. The number of benzene rings is 1. The first-order valence-corrected chi connectivity index (χ1v) is 7.71. The lowest BCUT2D eigenvalue weighted by Crippen LogP contribution is -2.33. The summed E-state index contributed by atoms with van der Waals surface area (Å²) >= 11 is 3.48. The van der Waals surface area contributed by atoms with Crippen LogP contribution in [0.15, 0.2) is 22.7 Å². The lowest BCUT2D eigenvalue weighted by Gasteiger charge is -2.27. The van der Waals surface area contributed by atoms with Crippen molar-refractivity contribution in [3.8, 4) is 5.75 Å². The number of methoxy groups -OCH3 is 1. The van der Waals surface area contributed by atoms with Crippen LogP contribution < -0.4 is 10.1 Å². The Labute approximate surface area is 123 Å². The van der Waals surface area contributed by atoms with Crippen LogP contribution in [0.25, 0.3) is 0 Å². The molecular weight excluding hydrogens is 306 g/mol. The Morgan fingerprint density at radius 3 is 2.89 bits per heavy atom. The van der Waals surface area contributed by atoms with Crippen molar-refractivity contribution in [2.75, 3.05) is 13.7 Å². The Bertz CT molecular complexity index is 411. The molecule has 106 valence electrons. The number of hydrogen-bond acceptors (Lipinski definition) is 3. The number of hydrogen-bond donors (Lipinski definition) is 2. The van der Waals surface area contributed by atoms with Gasteiger partial charge in [0.25, 0.3) is 0 Å². The summed E-state index contributed by atoms with van der Waals surface area (Å²) in [5.41, 5.74) is 1.14. The number of aliphatic hydroxyl groups is 1. The Balaban J connectivity index is 1.86. The molecule has 0 aromatic heterocycles. The van der Waals surface area contributed by atoms with Crippen LogP contribution in [-0.4, -0.2) is 24.9 Å². The van der Waals surface area contributed by atoms with Gasteiger partial charge in [0.1, 0.15) is 5.75 Å². The normalized spacial score (nSPS) is 23.3. The minimum atomic E-state index is -0.134. The van der Waals surface area contributed by atoms with Gasteiger partial charge in [-0.05, 0) is 37.0 Å². The van der Waals surface area contributed by atoms with Crippen LogP contribution in [0.5, 0.6) is 5.75 Å². The molecular formula is C15H22BrNO2. The van der Waals surface area contributed by atoms with E-state index in [0.717, 1.165) is 48.1 Å². The van der Waals surface area contributed by atoms with Gasteiger partial charge in [-0.3, -0.25) is 0 Å². The Hall–Kier alpha value is -0.580. The van der Waals surface area contributed by atoms with Crippen molar-refractivity contribution < 1.29 is 9.84 Å². The fourth-order valence-corrected chi connectivity index (χ4v) is 3.11. The summed E-state index contributed by atoms with van der Waals surface area (Å²) in [7, 11) is 1.69. The molecule has 0 bridgehead atoms. The van der Waals surface area contributed by atoms with Gasteiger partial charge >= 0.3 is 0 Å². The molecule has 4 heteroatoms. The van der Waals surface area contributed by atoms with E-state index in [1.807, 2.05) is 12.1 Å². The second-order valence-corrected chi connectivity index (χ2v) is 6.11. The summed E-state index contributed by atoms with van der Waals surface area (Å²) in [5.74, 6) is 1.30. The smallest absolute Gasteiger partial charge is 0.123 e. The predicted molar refractivity (Wildman–Crippen MR) is 80.4 cm³/mol. The van der Waals surface area contributed by atoms with Crippen molar-refractivity contribution in [2.24, 2.45) is 5.92 Å². The molecule has 1 saturated carbocycles. The molecule has 2 atom stereocenters. The van der Waals surface area contributed by atoms with Gasteiger partial charge in [0, 0.05) is 23.1 Å². The molecule has 2 rings (SSSR count). The topological polar surface area (TPSA) is 41.5 Å². The van der Waals surface area contributed by atoms with E-state index in [2.05, 4.69) is 27.3 Å². The third-order valence-electron chi connectivity index (χ3n) is 3.83. The van der Waals surface area contributed by atoms with Crippen molar-refractivity contribution in [1.29, 1.82) is 0 Å². The molecule has 2 unspecified atom stereocenters. The average molecular weight is 328 g/mol. The van der Waals surface area contributed by atoms with Crippen LogP contribution in [0.2, 0.25) is 0 Å². The zero-order chi connectivity index (χ0) is 13.7. The lowest BCUT2D eigenvalue weighted by molar-refractivity contribution is 0.0695. The van der Waals surface area contributed by atoms with Gasteiger partial charge < -0.3 is 15.2 Å². The molecule has 0 saturated heterocycles. The van der Waals surface area contributed by atoms with Crippen molar-refractivity contribution in [2.45, 2.75) is 38.3 Å². The monoisotopic (exact) mass is 327 g/mol. The number of halogens is 1. The van der Waals surface area contributed by atoms with E-state index in [0.29, 0.717) is 5.92 Å². The summed E-state index contributed by atoms with van der Waals surface area (Å²) in [6.07, 6.45) is 4.35. The van der Waals surface area contributed by atoms with Gasteiger partial charge in [-0.25, -0.2) is 0 Å². The van der Waals surface area contributed by atoms with Crippen LogP contribution in [0, 0.1) is 5.92 Å². The van der Waals surface area contributed by atoms with Crippen molar-refractivity contribution in [1.82, 2.24) is 5.32 Å². The summed E-state index contributed by atoms with van der Waals surface area (Å²) in [5, 5.41) is 13.4. The van der Waals surface area contributed by atoms with Crippen molar-refractivity contribution in [3.63, 3.8) is 0 Å². The maximum Gasteiger partial charge on any atom is 0.123 e. The predicted octanol–water partition coefficient (Wildman–Crippen LogP) is 3.10. The minimum absolute atomic E-state index is 0.134. The molecule has 1 fully saturated rings. The van der Waals surface area contributed by atoms with E-state index < -0.39 is 0 Å². The molecule has 0 aliphatic heterocycles. The highest BCUT2D eigenvalue weighted by Crippen LogP contribution is 2.25. The second-order valence-electron chi connectivity index (χ2n) is 5.20. The third kappa shape index (κ3) is 4.20. The van der Waals surface area contributed by atoms with Gasteiger partial charge in [0.15, 0.2) is 0 Å². The highest BCUT2D eigenvalue weighted by atomic mass is 79.9. The van der Waals surface area contributed by atoms with E-state index in [-0.39, 0.29) is 6.10 Å². The zero-order valence-corrected chi connectivity index (χ0v) is 12.9. The lowest BCUT2D eigenvalue weighted by atomic mass is 9.86. The van der Waals surface area contributed by atoms with Gasteiger partial charge in [-0.2, -0.15) is 0 Å². The highest BCUT2D eigenvalue weighted by molar-refractivity contribution is 9.10. The number of ether oxygens (including phenoxy) is 1. The van der Waals surface area contributed by atoms with Gasteiger partial charge in [-0.15, -0.1) is 0 Å². The molecule has 1 aliphatic carbocycles. The zero-order valence-electron chi connectivity index (χ0n) is 11.4. The maximum absolute atomic E-state index is 9.94. The number of rotatable bonds is 5. The number of nitrogens with one attached hydrogen (secondary N) is 1. The molecule has 1 aromatic carbocycles. The molecule has 2 N–H and O–H groups in total. The highest BCUT2D eigenvalue weighted by Gasteiger charge is 2.22. The van der Waals surface area contributed by atoms with E-state index in [4.69, 9.17) is 4.74 Å². The Morgan fingerprint density at radius 2 is 2.16 bits per heavy atom. The molecule has 1 aliphatic rings. The largest absolute Gasteiger partial charge is 0.496 e. The Morgan fingerprint density at radius 1 is 1.37 bits per heavy atom. The molecule has 0 heterocycles. The Kier molecular flexibility index (Phi) is 5.67. The van der Waals surface area contributed by atoms with Crippen molar-refractivity contribution in [3.05, 3.63) is 28.2 Å². The second kappa shape index (κ2) is 7.27. The maximum atomic E-state index is 9.94. The standard InChI is InChI=1S/C15H22BrNO2/c1-19-15-7-6-13(16)8-12(15)10-17-9-11-4-2-3-5-14(11)18/h6-8,11,14,17-18H,2-5,9-10H2,1H3. The quantitative estimate of drug-likeness (QED) is 0.873. The SMILES string of the molecule is COc1ccc(Br)cc1CNCC1CCCCC1O.